The predicted octanol–water partition coefficient (Wildman–Crippen LogP) is 3.10. The van der Waals surface area contributed by atoms with Crippen molar-refractivity contribution in [2.45, 2.75) is 26.2 Å². The fourth-order valence-corrected chi connectivity index (χ4v) is 3.22. The summed E-state index contributed by atoms with van der Waals surface area (Å²) in [6.45, 7) is 3.11. The van der Waals surface area contributed by atoms with Crippen molar-refractivity contribution in [2.24, 2.45) is 5.92 Å². The standard InChI is InChI=1S/C21H24N2O2/c1-16-7-5-11-19(13-16)23-15-18(14-20(23)24)21(25)22-12-6-10-17-8-3-2-4-9-17/h2-5,7-9,11,13,18H,6,10,12,14-15H2,1H3,(H,22,25)/t18-/m0/s1. The minimum Gasteiger partial charge on any atom is -0.356 e. The van der Waals surface area contributed by atoms with Gasteiger partial charge in [-0.1, -0.05) is 42.5 Å². The van der Waals surface area contributed by atoms with Crippen LogP contribution in [0.3, 0.4) is 0 Å². The van der Waals surface area contributed by atoms with Gasteiger partial charge in [-0.05, 0) is 43.0 Å². The molecular weight excluding hydrogens is 312 g/mol. The summed E-state index contributed by atoms with van der Waals surface area (Å²) < 4.78 is 0. The summed E-state index contributed by atoms with van der Waals surface area (Å²) in [7, 11) is 0. The lowest BCUT2D eigenvalue weighted by Crippen LogP contribution is -2.33. The van der Waals surface area contributed by atoms with Crippen molar-refractivity contribution in [3.63, 3.8) is 0 Å². The van der Waals surface area contributed by atoms with Gasteiger partial charge in [-0.2, -0.15) is 0 Å². The number of amides is 2. The molecule has 0 saturated carbocycles. The third-order valence-corrected chi connectivity index (χ3v) is 4.59. The molecule has 2 amide bonds. The fourth-order valence-electron chi connectivity index (χ4n) is 3.22. The summed E-state index contributed by atoms with van der Waals surface area (Å²) >= 11 is 0. The monoisotopic (exact) mass is 336 g/mol. The van der Waals surface area contributed by atoms with E-state index < -0.39 is 0 Å². The molecule has 0 aliphatic carbocycles. The van der Waals surface area contributed by atoms with Gasteiger partial charge < -0.3 is 10.2 Å². The van der Waals surface area contributed by atoms with Crippen LogP contribution in [-0.2, 0) is 16.0 Å². The van der Waals surface area contributed by atoms with E-state index >= 15 is 0 Å². The zero-order chi connectivity index (χ0) is 17.6. The van der Waals surface area contributed by atoms with Gasteiger partial charge in [0.2, 0.25) is 11.8 Å². The quantitative estimate of drug-likeness (QED) is 0.824. The minimum atomic E-state index is -0.260. The summed E-state index contributed by atoms with van der Waals surface area (Å²) in [4.78, 5) is 26.3. The van der Waals surface area contributed by atoms with Crippen molar-refractivity contribution >= 4 is 17.5 Å². The van der Waals surface area contributed by atoms with Crippen LogP contribution in [0.1, 0.15) is 24.0 Å². The third-order valence-electron chi connectivity index (χ3n) is 4.59. The molecule has 2 aromatic rings. The predicted molar refractivity (Wildman–Crippen MR) is 99.4 cm³/mol. The van der Waals surface area contributed by atoms with E-state index in [1.54, 1.807) is 4.90 Å². The largest absolute Gasteiger partial charge is 0.356 e. The first-order valence-corrected chi connectivity index (χ1v) is 8.82. The Morgan fingerprint density at radius 3 is 2.72 bits per heavy atom. The van der Waals surface area contributed by atoms with Crippen LogP contribution in [0, 0.1) is 12.8 Å². The summed E-state index contributed by atoms with van der Waals surface area (Å²) in [6.07, 6.45) is 2.14. The normalized spacial score (nSPS) is 16.9. The Morgan fingerprint density at radius 1 is 1.16 bits per heavy atom. The van der Waals surface area contributed by atoms with E-state index in [4.69, 9.17) is 0 Å². The Kier molecular flexibility index (Phi) is 5.49. The molecule has 1 heterocycles. The SMILES string of the molecule is Cc1cccc(N2C[C@@H](C(=O)NCCCc3ccccc3)CC2=O)c1. The summed E-state index contributed by atoms with van der Waals surface area (Å²) in [6, 6.07) is 18.1. The molecule has 2 aromatic carbocycles. The Morgan fingerprint density at radius 2 is 1.96 bits per heavy atom. The number of carbonyl (C=O) groups is 2. The molecule has 3 rings (SSSR count). The summed E-state index contributed by atoms with van der Waals surface area (Å²) in [5, 5.41) is 2.98. The maximum absolute atomic E-state index is 12.4. The van der Waals surface area contributed by atoms with Crippen LogP contribution < -0.4 is 10.2 Å². The van der Waals surface area contributed by atoms with Crippen molar-refractivity contribution in [1.82, 2.24) is 5.32 Å². The first-order valence-electron chi connectivity index (χ1n) is 8.82. The van der Waals surface area contributed by atoms with Crippen LogP contribution in [0.25, 0.3) is 0 Å². The second-order valence-corrected chi connectivity index (χ2v) is 6.62. The van der Waals surface area contributed by atoms with E-state index in [2.05, 4.69) is 17.4 Å². The van der Waals surface area contributed by atoms with Crippen molar-refractivity contribution in [3.05, 3.63) is 65.7 Å². The van der Waals surface area contributed by atoms with Gasteiger partial charge in [0.25, 0.3) is 0 Å². The molecule has 0 unspecified atom stereocenters. The molecule has 1 N–H and O–H groups in total. The average Bonchev–Trinajstić information content (AvgIpc) is 3.01. The zero-order valence-electron chi connectivity index (χ0n) is 14.6. The third kappa shape index (κ3) is 4.47. The molecule has 0 spiro atoms. The number of nitrogens with zero attached hydrogens (tertiary/aromatic N) is 1. The highest BCUT2D eigenvalue weighted by Crippen LogP contribution is 2.25. The average molecular weight is 336 g/mol. The lowest BCUT2D eigenvalue weighted by molar-refractivity contribution is -0.126. The highest BCUT2D eigenvalue weighted by molar-refractivity contribution is 6.00. The van der Waals surface area contributed by atoms with Crippen molar-refractivity contribution in [3.8, 4) is 0 Å². The van der Waals surface area contributed by atoms with E-state index in [-0.39, 0.29) is 17.7 Å². The molecule has 1 fully saturated rings. The Hall–Kier alpha value is -2.62. The van der Waals surface area contributed by atoms with E-state index in [0.29, 0.717) is 19.5 Å². The summed E-state index contributed by atoms with van der Waals surface area (Å²) in [5.74, 6) is -0.253. The van der Waals surface area contributed by atoms with Crippen molar-refractivity contribution in [2.75, 3.05) is 18.0 Å². The Labute approximate surface area is 148 Å². The number of anilines is 1. The van der Waals surface area contributed by atoms with E-state index in [1.165, 1.54) is 5.56 Å². The Balaban J connectivity index is 1.47. The second kappa shape index (κ2) is 7.97. The molecule has 1 atom stereocenters. The van der Waals surface area contributed by atoms with Crippen LogP contribution in [0.5, 0.6) is 0 Å². The number of aryl methyl sites for hydroxylation is 2. The lowest BCUT2D eigenvalue weighted by Gasteiger charge is -2.17. The molecule has 1 saturated heterocycles. The second-order valence-electron chi connectivity index (χ2n) is 6.62. The number of carbonyl (C=O) groups excluding carboxylic acids is 2. The number of hydrogen-bond donors (Lipinski definition) is 1. The molecule has 1 aliphatic rings. The van der Waals surface area contributed by atoms with E-state index in [1.807, 2.05) is 49.4 Å². The van der Waals surface area contributed by atoms with Gasteiger partial charge in [0.05, 0.1) is 5.92 Å². The summed E-state index contributed by atoms with van der Waals surface area (Å²) in [5.41, 5.74) is 3.27. The van der Waals surface area contributed by atoms with Gasteiger partial charge in [-0.15, -0.1) is 0 Å². The van der Waals surface area contributed by atoms with Crippen LogP contribution in [0.4, 0.5) is 5.69 Å². The molecule has 1 aliphatic heterocycles. The number of nitrogens with one attached hydrogen (secondary N) is 1. The maximum Gasteiger partial charge on any atom is 0.227 e. The van der Waals surface area contributed by atoms with Crippen molar-refractivity contribution < 1.29 is 9.59 Å². The van der Waals surface area contributed by atoms with E-state index in [9.17, 15) is 9.59 Å². The van der Waals surface area contributed by atoms with E-state index in [0.717, 1.165) is 24.1 Å². The van der Waals surface area contributed by atoms with Crippen molar-refractivity contribution in [1.29, 1.82) is 0 Å². The van der Waals surface area contributed by atoms with Gasteiger partial charge in [0.1, 0.15) is 0 Å². The van der Waals surface area contributed by atoms with Gasteiger partial charge in [-0.25, -0.2) is 0 Å². The molecule has 0 aromatic heterocycles. The highest BCUT2D eigenvalue weighted by atomic mass is 16.2. The van der Waals surface area contributed by atoms with Gasteiger partial charge >= 0.3 is 0 Å². The molecule has 4 nitrogen and oxygen atoms in total. The van der Waals surface area contributed by atoms with Crippen LogP contribution >= 0.6 is 0 Å². The molecule has 25 heavy (non-hydrogen) atoms. The van der Waals surface area contributed by atoms with Crippen LogP contribution in [0.15, 0.2) is 54.6 Å². The fraction of sp³-hybridized carbons (Fsp3) is 0.333. The number of benzene rings is 2. The maximum atomic E-state index is 12.4. The topological polar surface area (TPSA) is 49.4 Å². The highest BCUT2D eigenvalue weighted by Gasteiger charge is 2.34. The molecule has 0 radical (unpaired) electrons. The lowest BCUT2D eigenvalue weighted by atomic mass is 10.1. The smallest absolute Gasteiger partial charge is 0.227 e. The molecule has 4 heteroatoms. The van der Waals surface area contributed by atoms with Gasteiger partial charge in [0.15, 0.2) is 0 Å². The van der Waals surface area contributed by atoms with Crippen LogP contribution in [0.2, 0.25) is 0 Å². The Bertz CT molecular complexity index is 743. The molecular formula is C21H24N2O2. The minimum absolute atomic E-state index is 0.0171. The number of rotatable bonds is 6. The number of hydrogen-bond acceptors (Lipinski definition) is 2. The molecule has 130 valence electrons. The zero-order valence-corrected chi connectivity index (χ0v) is 14.6. The van der Waals surface area contributed by atoms with Crippen LogP contribution in [-0.4, -0.2) is 24.9 Å². The van der Waals surface area contributed by atoms with Gasteiger partial charge in [0, 0.05) is 25.2 Å². The first kappa shape index (κ1) is 17.2. The molecule has 0 bridgehead atoms. The van der Waals surface area contributed by atoms with Gasteiger partial charge in [-0.3, -0.25) is 9.59 Å². The first-order chi connectivity index (χ1) is 12.1.